The summed E-state index contributed by atoms with van der Waals surface area (Å²) in [6, 6.07) is 9.69. The minimum atomic E-state index is -0.354. The van der Waals surface area contributed by atoms with Crippen molar-refractivity contribution in [2.75, 3.05) is 0 Å². The van der Waals surface area contributed by atoms with Crippen molar-refractivity contribution in [3.63, 3.8) is 0 Å². The van der Waals surface area contributed by atoms with Gasteiger partial charge in [0, 0.05) is 21.1 Å². The molecule has 2 aromatic carbocycles. The average molecular weight is 348 g/mol. The molecule has 3 N–H and O–H groups in total. The lowest BCUT2D eigenvalue weighted by Crippen LogP contribution is -2.38. The van der Waals surface area contributed by atoms with Gasteiger partial charge < -0.3 is 0 Å². The summed E-state index contributed by atoms with van der Waals surface area (Å²) in [4.78, 5) is 0. The molecule has 0 bridgehead atoms. The number of nitrogens with one attached hydrogen (secondary N) is 1. The summed E-state index contributed by atoms with van der Waals surface area (Å²) in [5.74, 6) is 5.21. The number of rotatable bonds is 5. The first-order valence-corrected chi connectivity index (χ1v) is 7.47. The van der Waals surface area contributed by atoms with E-state index in [4.69, 9.17) is 40.6 Å². The molecule has 2 nitrogen and oxygen atoms in total. The molecule has 1 unspecified atom stereocenters. The van der Waals surface area contributed by atoms with Crippen LogP contribution in [0, 0.1) is 5.82 Å². The maximum absolute atomic E-state index is 13.8. The smallest absolute Gasteiger partial charge is 0.127 e. The van der Waals surface area contributed by atoms with Gasteiger partial charge in [0.05, 0.1) is 0 Å². The van der Waals surface area contributed by atoms with E-state index in [1.165, 1.54) is 6.07 Å². The van der Waals surface area contributed by atoms with Crippen molar-refractivity contribution in [1.29, 1.82) is 0 Å². The summed E-state index contributed by atoms with van der Waals surface area (Å²) in [7, 11) is 0. The van der Waals surface area contributed by atoms with Crippen LogP contribution in [0.15, 0.2) is 36.4 Å². The Balaban J connectivity index is 2.17. The minimum absolute atomic E-state index is 0.196. The van der Waals surface area contributed by atoms with E-state index in [1.54, 1.807) is 30.3 Å². The van der Waals surface area contributed by atoms with Gasteiger partial charge in [0.2, 0.25) is 0 Å². The molecule has 2 aromatic rings. The van der Waals surface area contributed by atoms with Crippen molar-refractivity contribution < 1.29 is 4.39 Å². The summed E-state index contributed by atoms with van der Waals surface area (Å²) >= 11 is 18.0. The van der Waals surface area contributed by atoms with E-state index in [0.717, 1.165) is 5.56 Å². The molecule has 0 saturated carbocycles. The Morgan fingerprint density at radius 2 is 1.71 bits per heavy atom. The molecule has 0 fully saturated rings. The van der Waals surface area contributed by atoms with Crippen LogP contribution in [0.2, 0.25) is 15.1 Å². The van der Waals surface area contributed by atoms with Gasteiger partial charge in [0.25, 0.3) is 0 Å². The Morgan fingerprint density at radius 3 is 2.29 bits per heavy atom. The summed E-state index contributed by atoms with van der Waals surface area (Å²) in [6.45, 7) is 0. The van der Waals surface area contributed by atoms with Gasteiger partial charge in [-0.3, -0.25) is 11.3 Å². The average Bonchev–Trinajstić information content (AvgIpc) is 2.44. The predicted octanol–water partition coefficient (Wildman–Crippen LogP) is 4.40. The van der Waals surface area contributed by atoms with Crippen molar-refractivity contribution in [2.24, 2.45) is 5.84 Å². The van der Waals surface area contributed by atoms with Gasteiger partial charge in [0.15, 0.2) is 0 Å². The van der Waals surface area contributed by atoms with Crippen molar-refractivity contribution in [1.82, 2.24) is 5.43 Å². The zero-order chi connectivity index (χ0) is 15.4. The van der Waals surface area contributed by atoms with Gasteiger partial charge in [-0.2, -0.15) is 0 Å². The maximum Gasteiger partial charge on any atom is 0.127 e. The van der Waals surface area contributed by atoms with Crippen LogP contribution in [-0.4, -0.2) is 6.04 Å². The third kappa shape index (κ3) is 4.31. The monoisotopic (exact) mass is 346 g/mol. The first-order chi connectivity index (χ1) is 10.0. The molecular weight excluding hydrogens is 334 g/mol. The van der Waals surface area contributed by atoms with Crippen LogP contribution in [0.4, 0.5) is 4.39 Å². The highest BCUT2D eigenvalue weighted by Gasteiger charge is 2.15. The highest BCUT2D eigenvalue weighted by molar-refractivity contribution is 6.36. The van der Waals surface area contributed by atoms with Gasteiger partial charge in [-0.25, -0.2) is 4.39 Å². The molecule has 21 heavy (non-hydrogen) atoms. The molecule has 0 spiro atoms. The second-order valence-corrected chi connectivity index (χ2v) is 5.96. The summed E-state index contributed by atoms with van der Waals surface area (Å²) in [5.41, 5.74) is 4.00. The van der Waals surface area contributed by atoms with Crippen molar-refractivity contribution in [3.05, 3.63) is 68.4 Å². The number of nitrogens with two attached hydrogens (primary N) is 1. The van der Waals surface area contributed by atoms with Crippen LogP contribution in [0.1, 0.15) is 11.1 Å². The molecule has 0 heterocycles. The lowest BCUT2D eigenvalue weighted by molar-refractivity contribution is 0.506. The fraction of sp³-hybridized carbons (Fsp3) is 0.200. The van der Waals surface area contributed by atoms with E-state index < -0.39 is 0 Å². The van der Waals surface area contributed by atoms with Gasteiger partial charge in [0.1, 0.15) is 5.82 Å². The van der Waals surface area contributed by atoms with Gasteiger partial charge in [-0.15, -0.1) is 0 Å². The first kappa shape index (κ1) is 16.5. The molecule has 1 atom stereocenters. The van der Waals surface area contributed by atoms with Crippen LogP contribution in [0.25, 0.3) is 0 Å². The first-order valence-electron chi connectivity index (χ1n) is 6.34. The molecular formula is C15H14Cl3FN2. The summed E-state index contributed by atoms with van der Waals surface area (Å²) in [5, 5.41) is 1.50. The second kappa shape index (κ2) is 7.43. The molecule has 0 radical (unpaired) electrons. The van der Waals surface area contributed by atoms with Crippen LogP contribution >= 0.6 is 34.8 Å². The standard InChI is InChI=1S/C15H14Cl3FN2/c16-10-5-4-9(15(19)7-10)6-11(21-20)8-12-13(17)2-1-3-14(12)18/h1-5,7,11,21H,6,8,20H2. The maximum atomic E-state index is 13.8. The molecule has 0 aromatic heterocycles. The SMILES string of the molecule is NNC(Cc1ccc(Cl)cc1F)Cc1c(Cl)cccc1Cl. The molecule has 0 aliphatic rings. The Hall–Kier alpha value is -0.840. The molecule has 112 valence electrons. The zero-order valence-electron chi connectivity index (χ0n) is 11.0. The van der Waals surface area contributed by atoms with Crippen molar-refractivity contribution in [3.8, 4) is 0 Å². The Bertz CT molecular complexity index is 614. The lowest BCUT2D eigenvalue weighted by Gasteiger charge is -2.18. The fourth-order valence-corrected chi connectivity index (χ4v) is 2.83. The summed E-state index contributed by atoms with van der Waals surface area (Å²) in [6.07, 6.45) is 0.901. The van der Waals surface area contributed by atoms with Gasteiger partial charge >= 0.3 is 0 Å². The Labute approximate surface area is 138 Å². The quantitative estimate of drug-likeness (QED) is 0.621. The molecule has 2 rings (SSSR count). The van der Waals surface area contributed by atoms with Crippen LogP contribution in [0.3, 0.4) is 0 Å². The van der Waals surface area contributed by atoms with Crippen molar-refractivity contribution >= 4 is 34.8 Å². The molecule has 6 heteroatoms. The highest BCUT2D eigenvalue weighted by atomic mass is 35.5. The topological polar surface area (TPSA) is 38.0 Å². The van der Waals surface area contributed by atoms with E-state index in [0.29, 0.717) is 33.5 Å². The van der Waals surface area contributed by atoms with E-state index in [2.05, 4.69) is 5.43 Å². The summed E-state index contributed by atoms with van der Waals surface area (Å²) < 4.78 is 13.8. The lowest BCUT2D eigenvalue weighted by atomic mass is 9.99. The Morgan fingerprint density at radius 1 is 1.05 bits per heavy atom. The van der Waals surface area contributed by atoms with E-state index >= 15 is 0 Å². The highest BCUT2D eigenvalue weighted by Crippen LogP contribution is 2.26. The largest absolute Gasteiger partial charge is 0.271 e. The van der Waals surface area contributed by atoms with E-state index in [9.17, 15) is 4.39 Å². The number of benzene rings is 2. The molecule has 0 aliphatic heterocycles. The molecule has 0 aliphatic carbocycles. The van der Waals surface area contributed by atoms with Crippen LogP contribution in [-0.2, 0) is 12.8 Å². The number of hydrogen-bond acceptors (Lipinski definition) is 2. The molecule has 0 saturated heterocycles. The predicted molar refractivity (Wildman–Crippen MR) is 86.4 cm³/mol. The normalized spacial score (nSPS) is 12.4. The number of hydrogen-bond donors (Lipinski definition) is 2. The Kier molecular flexibility index (Phi) is 5.85. The van der Waals surface area contributed by atoms with Crippen molar-refractivity contribution in [2.45, 2.75) is 18.9 Å². The third-order valence-electron chi connectivity index (χ3n) is 3.23. The minimum Gasteiger partial charge on any atom is -0.271 e. The fourth-order valence-electron chi connectivity index (χ4n) is 2.12. The van der Waals surface area contributed by atoms with E-state index in [1.807, 2.05) is 0 Å². The van der Waals surface area contributed by atoms with E-state index in [-0.39, 0.29) is 11.9 Å². The second-order valence-electron chi connectivity index (χ2n) is 4.71. The van der Waals surface area contributed by atoms with Crippen LogP contribution < -0.4 is 11.3 Å². The number of halogens is 4. The van der Waals surface area contributed by atoms with Crippen LogP contribution in [0.5, 0.6) is 0 Å². The van der Waals surface area contributed by atoms with Gasteiger partial charge in [-0.1, -0.05) is 46.9 Å². The molecule has 0 amide bonds. The van der Waals surface area contributed by atoms with Gasteiger partial charge in [-0.05, 0) is 48.2 Å². The third-order valence-corrected chi connectivity index (χ3v) is 4.17. The number of hydrazine groups is 1. The zero-order valence-corrected chi connectivity index (χ0v) is 13.3.